The van der Waals surface area contributed by atoms with Crippen LogP contribution in [0.2, 0.25) is 0 Å². The molecule has 0 atom stereocenters. The molecule has 2 aromatic rings. The standard InChI is InChI=1S/C18H20BrNO2/c1-11-6-5-7-15(8-11)20-17(21)10-22-16-9-12(2)18(19)14(4)13(16)3/h5-9H,10H2,1-4H3,(H,20,21). The first-order valence-electron chi connectivity index (χ1n) is 7.14. The molecule has 2 rings (SSSR count). The molecule has 0 aromatic heterocycles. The number of halogens is 1. The Balaban J connectivity index is 2.03. The van der Waals surface area contributed by atoms with Crippen LogP contribution in [0.5, 0.6) is 5.75 Å². The minimum atomic E-state index is -0.164. The van der Waals surface area contributed by atoms with Gasteiger partial charge < -0.3 is 10.1 Å². The highest BCUT2D eigenvalue weighted by molar-refractivity contribution is 9.10. The SMILES string of the molecule is Cc1cccc(NC(=O)COc2cc(C)c(Br)c(C)c2C)c1. The average molecular weight is 362 g/mol. The third-order valence-corrected chi connectivity index (χ3v) is 4.84. The van der Waals surface area contributed by atoms with Crippen molar-refractivity contribution in [1.29, 1.82) is 0 Å². The number of hydrogen-bond acceptors (Lipinski definition) is 2. The van der Waals surface area contributed by atoms with Crippen LogP contribution in [0.15, 0.2) is 34.8 Å². The summed E-state index contributed by atoms with van der Waals surface area (Å²) >= 11 is 3.56. The molecule has 116 valence electrons. The summed E-state index contributed by atoms with van der Waals surface area (Å²) in [7, 11) is 0. The van der Waals surface area contributed by atoms with Crippen molar-refractivity contribution in [2.75, 3.05) is 11.9 Å². The summed E-state index contributed by atoms with van der Waals surface area (Å²) in [6.45, 7) is 8.02. The summed E-state index contributed by atoms with van der Waals surface area (Å²) < 4.78 is 6.77. The summed E-state index contributed by atoms with van der Waals surface area (Å²) in [5.41, 5.74) is 5.16. The summed E-state index contributed by atoms with van der Waals surface area (Å²) in [6.07, 6.45) is 0. The van der Waals surface area contributed by atoms with Gasteiger partial charge >= 0.3 is 0 Å². The third-order valence-electron chi connectivity index (χ3n) is 3.62. The summed E-state index contributed by atoms with van der Waals surface area (Å²) in [4.78, 5) is 12.0. The minimum absolute atomic E-state index is 0.00467. The molecule has 2 aromatic carbocycles. The number of carbonyl (C=O) groups excluding carboxylic acids is 1. The van der Waals surface area contributed by atoms with Crippen LogP contribution in [-0.2, 0) is 4.79 Å². The Morgan fingerprint density at radius 1 is 1.14 bits per heavy atom. The van der Waals surface area contributed by atoms with E-state index in [1.807, 2.05) is 58.0 Å². The number of carbonyl (C=O) groups is 1. The molecule has 0 aliphatic heterocycles. The van der Waals surface area contributed by atoms with Crippen molar-refractivity contribution in [3.8, 4) is 5.75 Å². The number of benzene rings is 2. The van der Waals surface area contributed by atoms with E-state index in [2.05, 4.69) is 21.2 Å². The van der Waals surface area contributed by atoms with Gasteiger partial charge in [0.15, 0.2) is 6.61 Å². The smallest absolute Gasteiger partial charge is 0.262 e. The Kier molecular flexibility index (Phi) is 5.24. The van der Waals surface area contributed by atoms with Crippen LogP contribution in [0, 0.1) is 27.7 Å². The molecule has 0 heterocycles. The fourth-order valence-corrected chi connectivity index (χ4v) is 2.64. The zero-order valence-electron chi connectivity index (χ0n) is 13.3. The van der Waals surface area contributed by atoms with Gasteiger partial charge in [-0.1, -0.05) is 28.1 Å². The van der Waals surface area contributed by atoms with Crippen LogP contribution < -0.4 is 10.1 Å². The maximum Gasteiger partial charge on any atom is 0.262 e. The predicted molar refractivity (Wildman–Crippen MR) is 93.7 cm³/mol. The molecule has 1 amide bonds. The molecule has 0 aliphatic rings. The lowest BCUT2D eigenvalue weighted by atomic mass is 10.1. The van der Waals surface area contributed by atoms with Gasteiger partial charge in [-0.25, -0.2) is 0 Å². The van der Waals surface area contributed by atoms with Gasteiger partial charge in [0.25, 0.3) is 5.91 Å². The van der Waals surface area contributed by atoms with Gasteiger partial charge in [0.05, 0.1) is 0 Å². The fourth-order valence-electron chi connectivity index (χ4n) is 2.23. The lowest BCUT2D eigenvalue weighted by Gasteiger charge is -2.14. The average Bonchev–Trinajstić information content (AvgIpc) is 2.47. The maximum atomic E-state index is 12.0. The van der Waals surface area contributed by atoms with Crippen LogP contribution in [0.4, 0.5) is 5.69 Å². The van der Waals surface area contributed by atoms with Crippen LogP contribution >= 0.6 is 15.9 Å². The van der Waals surface area contributed by atoms with E-state index in [0.717, 1.165) is 38.2 Å². The van der Waals surface area contributed by atoms with E-state index in [-0.39, 0.29) is 12.5 Å². The van der Waals surface area contributed by atoms with Crippen LogP contribution in [-0.4, -0.2) is 12.5 Å². The van der Waals surface area contributed by atoms with E-state index in [0.29, 0.717) is 0 Å². The van der Waals surface area contributed by atoms with E-state index < -0.39 is 0 Å². The highest BCUT2D eigenvalue weighted by Gasteiger charge is 2.11. The molecule has 0 saturated carbocycles. The highest BCUT2D eigenvalue weighted by Crippen LogP contribution is 2.31. The Labute approximate surface area is 139 Å². The number of amides is 1. The normalized spacial score (nSPS) is 10.4. The minimum Gasteiger partial charge on any atom is -0.483 e. The topological polar surface area (TPSA) is 38.3 Å². The maximum absolute atomic E-state index is 12.0. The first kappa shape index (κ1) is 16.6. The molecule has 1 N–H and O–H groups in total. The molecular formula is C18H20BrNO2. The summed E-state index contributed by atoms with van der Waals surface area (Å²) in [6, 6.07) is 9.65. The molecule has 0 aliphatic carbocycles. The zero-order valence-corrected chi connectivity index (χ0v) is 14.9. The predicted octanol–water partition coefficient (Wildman–Crippen LogP) is 4.70. The van der Waals surface area contributed by atoms with Crippen molar-refractivity contribution in [3.63, 3.8) is 0 Å². The van der Waals surface area contributed by atoms with E-state index in [1.54, 1.807) is 0 Å². The number of aryl methyl sites for hydroxylation is 2. The highest BCUT2D eigenvalue weighted by atomic mass is 79.9. The van der Waals surface area contributed by atoms with E-state index in [4.69, 9.17) is 4.74 Å². The number of hydrogen-bond donors (Lipinski definition) is 1. The second-order valence-corrected chi connectivity index (χ2v) is 6.25. The molecule has 0 radical (unpaired) electrons. The summed E-state index contributed by atoms with van der Waals surface area (Å²) in [5, 5.41) is 2.84. The fraction of sp³-hybridized carbons (Fsp3) is 0.278. The Bertz CT molecular complexity index is 710. The quantitative estimate of drug-likeness (QED) is 0.856. The second kappa shape index (κ2) is 6.97. The number of anilines is 1. The van der Waals surface area contributed by atoms with E-state index in [9.17, 15) is 4.79 Å². The van der Waals surface area contributed by atoms with Gasteiger partial charge in [-0.3, -0.25) is 4.79 Å². The Morgan fingerprint density at radius 2 is 1.86 bits per heavy atom. The lowest BCUT2D eigenvalue weighted by molar-refractivity contribution is -0.118. The van der Waals surface area contributed by atoms with Gasteiger partial charge in [-0.05, 0) is 68.1 Å². The van der Waals surface area contributed by atoms with Crippen molar-refractivity contribution in [1.82, 2.24) is 0 Å². The Hall–Kier alpha value is -1.81. The second-order valence-electron chi connectivity index (χ2n) is 5.46. The van der Waals surface area contributed by atoms with Crippen molar-refractivity contribution in [2.24, 2.45) is 0 Å². The monoisotopic (exact) mass is 361 g/mol. The third kappa shape index (κ3) is 3.89. The largest absolute Gasteiger partial charge is 0.483 e. The van der Waals surface area contributed by atoms with Gasteiger partial charge in [0, 0.05) is 10.2 Å². The number of rotatable bonds is 4. The van der Waals surface area contributed by atoms with Crippen molar-refractivity contribution in [2.45, 2.75) is 27.7 Å². The molecule has 0 spiro atoms. The first-order chi connectivity index (χ1) is 10.4. The molecule has 0 bridgehead atoms. The first-order valence-corrected chi connectivity index (χ1v) is 7.93. The number of ether oxygens (including phenoxy) is 1. The summed E-state index contributed by atoms with van der Waals surface area (Å²) in [5.74, 6) is 0.584. The molecule has 0 saturated heterocycles. The molecule has 4 heteroatoms. The molecule has 0 unspecified atom stereocenters. The van der Waals surface area contributed by atoms with Gasteiger partial charge in [-0.2, -0.15) is 0 Å². The van der Waals surface area contributed by atoms with Gasteiger partial charge in [-0.15, -0.1) is 0 Å². The van der Waals surface area contributed by atoms with Gasteiger partial charge in [0.2, 0.25) is 0 Å². The molecular weight excluding hydrogens is 342 g/mol. The molecule has 3 nitrogen and oxygen atoms in total. The van der Waals surface area contributed by atoms with Crippen LogP contribution in [0.1, 0.15) is 22.3 Å². The van der Waals surface area contributed by atoms with Crippen LogP contribution in [0.3, 0.4) is 0 Å². The van der Waals surface area contributed by atoms with Crippen molar-refractivity contribution >= 4 is 27.5 Å². The molecule has 22 heavy (non-hydrogen) atoms. The van der Waals surface area contributed by atoms with Crippen LogP contribution in [0.25, 0.3) is 0 Å². The van der Waals surface area contributed by atoms with Gasteiger partial charge in [0.1, 0.15) is 5.75 Å². The van der Waals surface area contributed by atoms with E-state index in [1.165, 1.54) is 0 Å². The van der Waals surface area contributed by atoms with E-state index >= 15 is 0 Å². The van der Waals surface area contributed by atoms with Crippen molar-refractivity contribution in [3.05, 3.63) is 57.1 Å². The zero-order chi connectivity index (χ0) is 16.3. The van der Waals surface area contributed by atoms with Crippen molar-refractivity contribution < 1.29 is 9.53 Å². The lowest BCUT2D eigenvalue weighted by Crippen LogP contribution is -2.20. The molecule has 0 fully saturated rings. The number of nitrogens with one attached hydrogen (secondary N) is 1. The Morgan fingerprint density at radius 3 is 2.55 bits per heavy atom.